The van der Waals surface area contributed by atoms with Crippen LogP contribution in [0.25, 0.3) is 11.1 Å². The van der Waals surface area contributed by atoms with Gasteiger partial charge in [0.25, 0.3) is 0 Å². The number of methoxy groups -OCH3 is 2. The summed E-state index contributed by atoms with van der Waals surface area (Å²) < 4.78 is 15.7. The third kappa shape index (κ3) is 6.37. The maximum atomic E-state index is 13.2. The van der Waals surface area contributed by atoms with Gasteiger partial charge in [0.1, 0.15) is 12.6 Å². The van der Waals surface area contributed by atoms with E-state index in [2.05, 4.69) is 5.32 Å². The summed E-state index contributed by atoms with van der Waals surface area (Å²) in [4.78, 5) is 38.8. The van der Waals surface area contributed by atoms with Crippen LogP contribution in [0.15, 0.2) is 48.5 Å². The molecule has 0 saturated heterocycles. The van der Waals surface area contributed by atoms with E-state index >= 15 is 0 Å². The number of nitrogens with one attached hydrogen (secondary N) is 1. The molecule has 0 radical (unpaired) electrons. The van der Waals surface area contributed by atoms with E-state index in [0.717, 1.165) is 22.3 Å². The van der Waals surface area contributed by atoms with Crippen molar-refractivity contribution in [1.29, 1.82) is 0 Å². The molecule has 0 aliphatic heterocycles. The van der Waals surface area contributed by atoms with E-state index in [0.29, 0.717) is 0 Å². The van der Waals surface area contributed by atoms with Crippen LogP contribution in [0.2, 0.25) is 0 Å². The van der Waals surface area contributed by atoms with E-state index in [1.807, 2.05) is 48.5 Å². The number of carboxylic acids is 1. The first-order chi connectivity index (χ1) is 16.9. The van der Waals surface area contributed by atoms with Crippen molar-refractivity contribution < 1.29 is 33.7 Å². The van der Waals surface area contributed by atoms with Crippen molar-refractivity contribution in [3.63, 3.8) is 0 Å². The minimum Gasteiger partial charge on any atom is -0.481 e. The first-order valence-corrected chi connectivity index (χ1v) is 11.5. The molecule has 0 spiro atoms. The Morgan fingerprint density at radius 1 is 1.00 bits per heavy atom. The fourth-order valence-corrected chi connectivity index (χ4v) is 4.43. The number of carboxylic acid groups (broad SMARTS) is 1. The first-order valence-electron chi connectivity index (χ1n) is 11.5. The molecule has 2 aromatic carbocycles. The van der Waals surface area contributed by atoms with Gasteiger partial charge in [-0.3, -0.25) is 9.59 Å². The molecule has 2 aromatic rings. The van der Waals surface area contributed by atoms with Crippen molar-refractivity contribution in [3.05, 3.63) is 59.7 Å². The number of fused-ring (bicyclic) bond motifs is 3. The highest BCUT2D eigenvalue weighted by molar-refractivity contribution is 5.89. The minimum atomic E-state index is -1.29. The Kier molecular flexibility index (Phi) is 9.22. The van der Waals surface area contributed by atoms with Gasteiger partial charge in [0, 0.05) is 26.7 Å². The van der Waals surface area contributed by atoms with Gasteiger partial charge in [0.15, 0.2) is 0 Å². The molecule has 0 saturated carbocycles. The van der Waals surface area contributed by atoms with Gasteiger partial charge in [-0.15, -0.1) is 0 Å². The molecule has 0 aromatic heterocycles. The summed E-state index contributed by atoms with van der Waals surface area (Å²) in [5, 5.41) is 11.8. The van der Waals surface area contributed by atoms with Crippen LogP contribution >= 0.6 is 0 Å². The number of ether oxygens (including phenoxy) is 3. The second kappa shape index (κ2) is 12.3. The van der Waals surface area contributed by atoms with E-state index in [1.54, 1.807) is 6.92 Å². The Hall–Kier alpha value is -3.43. The molecule has 2 atom stereocenters. The summed E-state index contributed by atoms with van der Waals surface area (Å²) in [5.74, 6) is -1.91. The highest BCUT2D eigenvalue weighted by atomic mass is 16.5. The van der Waals surface area contributed by atoms with Gasteiger partial charge in [-0.05, 0) is 29.2 Å². The lowest BCUT2D eigenvalue weighted by molar-refractivity contribution is -0.144. The Bertz CT molecular complexity index is 996. The standard InChI is InChI=1S/C26H32N2O7/c1-17(15-34-3)28(12-13-33-2)25(31)23(14-24(29)30)27-26(32)35-16-22-20-10-6-4-8-18(20)19-9-5-7-11-21(19)22/h4-11,17,22-23H,12-16H2,1-3H3,(H,27,32)(H,29,30). The van der Waals surface area contributed by atoms with Gasteiger partial charge in [0.05, 0.1) is 25.7 Å². The third-order valence-corrected chi connectivity index (χ3v) is 6.07. The Morgan fingerprint density at radius 3 is 2.14 bits per heavy atom. The second-order valence-corrected chi connectivity index (χ2v) is 8.45. The van der Waals surface area contributed by atoms with Crippen LogP contribution in [0.1, 0.15) is 30.4 Å². The van der Waals surface area contributed by atoms with Crippen molar-refractivity contribution in [1.82, 2.24) is 10.2 Å². The Labute approximate surface area is 205 Å². The number of benzene rings is 2. The summed E-state index contributed by atoms with van der Waals surface area (Å²) in [6, 6.07) is 14.2. The monoisotopic (exact) mass is 484 g/mol. The van der Waals surface area contributed by atoms with Crippen LogP contribution in [0.3, 0.4) is 0 Å². The van der Waals surface area contributed by atoms with Gasteiger partial charge in [-0.25, -0.2) is 4.79 Å². The zero-order valence-corrected chi connectivity index (χ0v) is 20.2. The maximum Gasteiger partial charge on any atom is 0.407 e. The number of rotatable bonds is 12. The fourth-order valence-electron chi connectivity index (χ4n) is 4.43. The number of carbonyl (C=O) groups excluding carboxylic acids is 2. The number of hydrogen-bond donors (Lipinski definition) is 2. The van der Waals surface area contributed by atoms with Crippen LogP contribution in [-0.2, 0) is 23.8 Å². The van der Waals surface area contributed by atoms with Crippen LogP contribution in [0, 0.1) is 0 Å². The second-order valence-electron chi connectivity index (χ2n) is 8.45. The summed E-state index contributed by atoms with van der Waals surface area (Å²) in [6.07, 6.45) is -1.43. The van der Waals surface area contributed by atoms with E-state index in [-0.39, 0.29) is 38.3 Å². The molecule has 0 heterocycles. The lowest BCUT2D eigenvalue weighted by Gasteiger charge is -2.31. The number of amides is 2. The summed E-state index contributed by atoms with van der Waals surface area (Å²) >= 11 is 0. The van der Waals surface area contributed by atoms with Crippen molar-refractivity contribution >= 4 is 18.0 Å². The van der Waals surface area contributed by atoms with Gasteiger partial charge in [0.2, 0.25) is 5.91 Å². The number of aliphatic carboxylic acids is 1. The van der Waals surface area contributed by atoms with Crippen molar-refractivity contribution in [3.8, 4) is 11.1 Å². The highest BCUT2D eigenvalue weighted by Crippen LogP contribution is 2.44. The van der Waals surface area contributed by atoms with Crippen molar-refractivity contribution in [2.45, 2.75) is 31.3 Å². The first kappa shape index (κ1) is 26.2. The van der Waals surface area contributed by atoms with Gasteiger partial charge in [-0.1, -0.05) is 48.5 Å². The smallest absolute Gasteiger partial charge is 0.407 e. The predicted octanol–water partition coefficient (Wildman–Crippen LogP) is 2.88. The van der Waals surface area contributed by atoms with E-state index in [4.69, 9.17) is 14.2 Å². The Balaban J connectivity index is 1.71. The molecule has 188 valence electrons. The molecule has 9 nitrogen and oxygen atoms in total. The molecule has 2 unspecified atom stereocenters. The molecule has 1 aliphatic rings. The topological polar surface area (TPSA) is 114 Å². The van der Waals surface area contributed by atoms with Crippen LogP contribution in [0.4, 0.5) is 4.79 Å². The highest BCUT2D eigenvalue weighted by Gasteiger charge is 2.33. The summed E-state index contributed by atoms with van der Waals surface area (Å²) in [6.45, 7) is 2.57. The SMILES string of the molecule is COCCN(C(=O)C(CC(=O)O)NC(=O)OCC1c2ccccc2-c2ccccc21)C(C)COC. The summed E-state index contributed by atoms with van der Waals surface area (Å²) in [7, 11) is 3.02. The molecule has 0 bridgehead atoms. The van der Waals surface area contributed by atoms with Gasteiger partial charge in [-0.2, -0.15) is 0 Å². The van der Waals surface area contributed by atoms with Gasteiger partial charge < -0.3 is 29.5 Å². The molecule has 2 N–H and O–H groups in total. The third-order valence-electron chi connectivity index (χ3n) is 6.07. The number of hydrogen-bond acceptors (Lipinski definition) is 6. The van der Waals surface area contributed by atoms with E-state index < -0.39 is 30.4 Å². The molecule has 35 heavy (non-hydrogen) atoms. The number of alkyl carbamates (subject to hydrolysis) is 1. The lowest BCUT2D eigenvalue weighted by Crippen LogP contribution is -2.53. The lowest BCUT2D eigenvalue weighted by atomic mass is 9.98. The zero-order chi connectivity index (χ0) is 25.4. The summed E-state index contributed by atoms with van der Waals surface area (Å²) in [5.41, 5.74) is 4.30. The van der Waals surface area contributed by atoms with Crippen molar-refractivity contribution in [2.24, 2.45) is 0 Å². The quantitative estimate of drug-likeness (QED) is 0.476. The van der Waals surface area contributed by atoms with E-state index in [9.17, 15) is 19.5 Å². The normalized spacial score (nSPS) is 13.9. The van der Waals surface area contributed by atoms with E-state index in [1.165, 1.54) is 19.1 Å². The largest absolute Gasteiger partial charge is 0.481 e. The minimum absolute atomic E-state index is 0.0569. The molecule has 3 rings (SSSR count). The molecular weight excluding hydrogens is 452 g/mol. The van der Waals surface area contributed by atoms with Crippen LogP contribution in [-0.4, -0.2) is 80.6 Å². The molecular formula is C26H32N2O7. The number of nitrogens with zero attached hydrogens (tertiary/aromatic N) is 1. The fraction of sp³-hybridized carbons (Fsp3) is 0.423. The van der Waals surface area contributed by atoms with Crippen LogP contribution in [0.5, 0.6) is 0 Å². The predicted molar refractivity (Wildman–Crippen MR) is 129 cm³/mol. The average molecular weight is 485 g/mol. The van der Waals surface area contributed by atoms with Crippen molar-refractivity contribution in [2.75, 3.05) is 40.6 Å². The molecule has 9 heteroatoms. The average Bonchev–Trinajstić information content (AvgIpc) is 3.16. The molecule has 1 aliphatic carbocycles. The molecule has 0 fully saturated rings. The zero-order valence-electron chi connectivity index (χ0n) is 20.2. The maximum absolute atomic E-state index is 13.2. The van der Waals surface area contributed by atoms with Crippen LogP contribution < -0.4 is 5.32 Å². The molecule has 2 amide bonds. The number of carbonyl (C=O) groups is 3. The van der Waals surface area contributed by atoms with Gasteiger partial charge >= 0.3 is 12.1 Å². The Morgan fingerprint density at radius 2 is 1.60 bits per heavy atom.